The van der Waals surface area contributed by atoms with E-state index in [9.17, 15) is 21.6 Å². The maximum Gasteiger partial charge on any atom is 0.416 e. The molecule has 1 aromatic carbocycles. The lowest BCUT2D eigenvalue weighted by Gasteiger charge is -2.24. The summed E-state index contributed by atoms with van der Waals surface area (Å²) in [5.74, 6) is 0.372. The van der Waals surface area contributed by atoms with Gasteiger partial charge in [0.1, 0.15) is 11.9 Å². The lowest BCUT2D eigenvalue weighted by atomic mass is 10.0. The van der Waals surface area contributed by atoms with E-state index in [0.717, 1.165) is 31.4 Å². The predicted octanol–water partition coefficient (Wildman–Crippen LogP) is 1.61. The molecule has 9 heteroatoms. The standard InChI is InChI=1S/C14H19F3N2O3S/c1-23(20,21)19-9-13(10-6-7-18-8-10)22-12-4-2-11(3-5-12)14(15,16)17/h2-5,10,13,18-19H,6-9H2,1H3/t10?,13-/m1/s1. The fraction of sp³-hybridized carbons (Fsp3) is 0.571. The van der Waals surface area contributed by atoms with Crippen LogP contribution in [0.5, 0.6) is 5.75 Å². The first-order valence-corrected chi connectivity index (χ1v) is 9.03. The Morgan fingerprint density at radius 2 is 2.00 bits per heavy atom. The van der Waals surface area contributed by atoms with E-state index in [1.165, 1.54) is 12.1 Å². The van der Waals surface area contributed by atoms with E-state index in [4.69, 9.17) is 4.74 Å². The lowest BCUT2D eigenvalue weighted by Crippen LogP contribution is -2.40. The van der Waals surface area contributed by atoms with Crippen LogP contribution < -0.4 is 14.8 Å². The summed E-state index contributed by atoms with van der Waals surface area (Å²) in [7, 11) is -3.37. The van der Waals surface area contributed by atoms with Gasteiger partial charge >= 0.3 is 6.18 Å². The van der Waals surface area contributed by atoms with Gasteiger partial charge in [-0.2, -0.15) is 13.2 Å². The molecule has 23 heavy (non-hydrogen) atoms. The fourth-order valence-corrected chi connectivity index (χ4v) is 2.90. The number of halogens is 3. The van der Waals surface area contributed by atoms with E-state index >= 15 is 0 Å². The summed E-state index contributed by atoms with van der Waals surface area (Å²) in [5.41, 5.74) is -0.752. The topological polar surface area (TPSA) is 67.4 Å². The van der Waals surface area contributed by atoms with Gasteiger partial charge in [-0.15, -0.1) is 0 Å². The van der Waals surface area contributed by atoms with Crippen molar-refractivity contribution >= 4 is 10.0 Å². The molecular formula is C14H19F3N2O3S. The molecule has 2 N–H and O–H groups in total. The van der Waals surface area contributed by atoms with Gasteiger partial charge in [0, 0.05) is 19.0 Å². The van der Waals surface area contributed by atoms with E-state index in [2.05, 4.69) is 10.0 Å². The van der Waals surface area contributed by atoms with Crippen molar-refractivity contribution < 1.29 is 26.3 Å². The third-order valence-corrected chi connectivity index (χ3v) is 4.33. The minimum atomic E-state index is -4.40. The molecule has 0 spiro atoms. The molecular weight excluding hydrogens is 333 g/mol. The fourth-order valence-electron chi connectivity index (χ4n) is 2.43. The number of nitrogens with one attached hydrogen (secondary N) is 2. The zero-order valence-electron chi connectivity index (χ0n) is 12.6. The summed E-state index contributed by atoms with van der Waals surface area (Å²) >= 11 is 0. The third-order valence-electron chi connectivity index (χ3n) is 3.64. The van der Waals surface area contributed by atoms with Gasteiger partial charge in [0.2, 0.25) is 10.0 Å². The number of benzene rings is 1. The predicted molar refractivity (Wildman–Crippen MR) is 79.7 cm³/mol. The minimum Gasteiger partial charge on any atom is -0.489 e. The Kier molecular flexibility index (Phi) is 5.53. The monoisotopic (exact) mass is 352 g/mol. The Labute approximate surface area is 133 Å². The third kappa shape index (κ3) is 5.67. The van der Waals surface area contributed by atoms with Crippen molar-refractivity contribution in [3.8, 4) is 5.75 Å². The van der Waals surface area contributed by atoms with Gasteiger partial charge < -0.3 is 10.1 Å². The van der Waals surface area contributed by atoms with Crippen molar-refractivity contribution in [2.45, 2.75) is 18.7 Å². The SMILES string of the molecule is CS(=O)(=O)NC[C@@H](Oc1ccc(C(F)(F)F)cc1)C1CCNC1. The van der Waals surface area contributed by atoms with Gasteiger partial charge in [0.05, 0.1) is 11.8 Å². The molecule has 1 unspecified atom stereocenters. The van der Waals surface area contributed by atoms with E-state index in [-0.39, 0.29) is 18.2 Å². The maximum absolute atomic E-state index is 12.6. The van der Waals surface area contributed by atoms with Crippen LogP contribution in [-0.2, 0) is 16.2 Å². The molecule has 1 aliphatic rings. The van der Waals surface area contributed by atoms with Gasteiger partial charge in [0.15, 0.2) is 0 Å². The summed E-state index contributed by atoms with van der Waals surface area (Å²) in [5, 5.41) is 3.16. The average Bonchev–Trinajstić information content (AvgIpc) is 2.96. The van der Waals surface area contributed by atoms with Crippen LogP contribution in [0.3, 0.4) is 0 Å². The second-order valence-corrected chi connectivity index (χ2v) is 7.38. The molecule has 2 atom stereocenters. The Morgan fingerprint density at radius 3 is 2.48 bits per heavy atom. The zero-order valence-corrected chi connectivity index (χ0v) is 13.4. The van der Waals surface area contributed by atoms with Crippen LogP contribution in [0.25, 0.3) is 0 Å². The molecule has 0 saturated carbocycles. The highest BCUT2D eigenvalue weighted by Gasteiger charge is 2.31. The number of hydrogen-bond donors (Lipinski definition) is 2. The molecule has 0 bridgehead atoms. The second-order valence-electron chi connectivity index (χ2n) is 5.55. The second kappa shape index (κ2) is 7.06. The van der Waals surface area contributed by atoms with E-state index in [1.54, 1.807) is 0 Å². The van der Waals surface area contributed by atoms with Gasteiger partial charge in [0.25, 0.3) is 0 Å². The van der Waals surface area contributed by atoms with Crippen LogP contribution in [0.1, 0.15) is 12.0 Å². The van der Waals surface area contributed by atoms with Crippen LogP contribution in [0.15, 0.2) is 24.3 Å². The zero-order chi connectivity index (χ0) is 17.1. The first kappa shape index (κ1) is 18.0. The lowest BCUT2D eigenvalue weighted by molar-refractivity contribution is -0.137. The van der Waals surface area contributed by atoms with Crippen LogP contribution in [0.2, 0.25) is 0 Å². The smallest absolute Gasteiger partial charge is 0.416 e. The molecule has 1 aromatic rings. The first-order valence-electron chi connectivity index (χ1n) is 7.14. The van der Waals surface area contributed by atoms with E-state index in [1.807, 2.05) is 0 Å². The molecule has 1 aliphatic heterocycles. The molecule has 0 amide bonds. The highest BCUT2D eigenvalue weighted by atomic mass is 32.2. The molecule has 0 radical (unpaired) electrons. The van der Waals surface area contributed by atoms with E-state index < -0.39 is 27.9 Å². The van der Waals surface area contributed by atoms with Crippen molar-refractivity contribution in [3.63, 3.8) is 0 Å². The van der Waals surface area contributed by atoms with Gasteiger partial charge in [-0.25, -0.2) is 13.1 Å². The highest BCUT2D eigenvalue weighted by Crippen LogP contribution is 2.30. The molecule has 5 nitrogen and oxygen atoms in total. The highest BCUT2D eigenvalue weighted by molar-refractivity contribution is 7.88. The van der Waals surface area contributed by atoms with E-state index in [0.29, 0.717) is 6.54 Å². The maximum atomic E-state index is 12.6. The number of hydrogen-bond acceptors (Lipinski definition) is 4. The van der Waals surface area contributed by atoms with Crippen molar-refractivity contribution in [2.75, 3.05) is 25.9 Å². The summed E-state index contributed by atoms with van der Waals surface area (Å²) in [4.78, 5) is 0. The van der Waals surface area contributed by atoms with Crippen molar-refractivity contribution in [1.82, 2.24) is 10.0 Å². The number of alkyl halides is 3. The van der Waals surface area contributed by atoms with Crippen LogP contribution >= 0.6 is 0 Å². The van der Waals surface area contributed by atoms with Crippen LogP contribution in [0, 0.1) is 5.92 Å². The van der Waals surface area contributed by atoms with Crippen LogP contribution in [-0.4, -0.2) is 40.4 Å². The Bertz CT molecular complexity index is 611. The van der Waals surface area contributed by atoms with Crippen molar-refractivity contribution in [1.29, 1.82) is 0 Å². The normalized spacial score (nSPS) is 20.4. The van der Waals surface area contributed by atoms with Gasteiger partial charge in [-0.05, 0) is 37.2 Å². The first-order chi connectivity index (χ1) is 10.6. The Morgan fingerprint density at radius 1 is 1.35 bits per heavy atom. The largest absolute Gasteiger partial charge is 0.489 e. The molecule has 1 fully saturated rings. The molecule has 0 aliphatic carbocycles. The number of sulfonamides is 1. The summed E-state index contributed by atoms with van der Waals surface area (Å²) in [6.45, 7) is 1.55. The molecule has 0 aromatic heterocycles. The summed E-state index contributed by atoms with van der Waals surface area (Å²) in [6, 6.07) is 4.39. The van der Waals surface area contributed by atoms with Crippen LogP contribution in [0.4, 0.5) is 13.2 Å². The number of ether oxygens (including phenoxy) is 1. The van der Waals surface area contributed by atoms with Gasteiger partial charge in [-0.3, -0.25) is 0 Å². The molecule has 1 heterocycles. The average molecular weight is 352 g/mol. The molecule has 1 saturated heterocycles. The Balaban J connectivity index is 2.07. The minimum absolute atomic E-state index is 0.0756. The Hall–Kier alpha value is -1.32. The van der Waals surface area contributed by atoms with Crippen molar-refractivity contribution in [3.05, 3.63) is 29.8 Å². The molecule has 130 valence electrons. The summed E-state index contributed by atoms with van der Waals surface area (Å²) in [6.07, 6.45) is -2.98. The molecule has 2 rings (SSSR count). The number of rotatable bonds is 6. The van der Waals surface area contributed by atoms with Gasteiger partial charge in [-0.1, -0.05) is 0 Å². The quantitative estimate of drug-likeness (QED) is 0.816. The van der Waals surface area contributed by atoms with Crippen molar-refractivity contribution in [2.24, 2.45) is 5.92 Å². The summed E-state index contributed by atoms with van der Waals surface area (Å²) < 4.78 is 68.3.